The van der Waals surface area contributed by atoms with Gasteiger partial charge in [0.2, 0.25) is 0 Å². The minimum atomic E-state index is -0.374. The van der Waals surface area contributed by atoms with E-state index in [2.05, 4.69) is 0 Å². The van der Waals surface area contributed by atoms with Gasteiger partial charge in [0.25, 0.3) is 5.56 Å². The molecule has 0 N–H and O–H groups in total. The predicted octanol–water partition coefficient (Wildman–Crippen LogP) is 4.68. The molecule has 0 atom stereocenters. The third kappa shape index (κ3) is 3.36. The van der Waals surface area contributed by atoms with Crippen LogP contribution in [0.1, 0.15) is 31.0 Å². The van der Waals surface area contributed by atoms with E-state index in [0.717, 1.165) is 16.5 Å². The van der Waals surface area contributed by atoms with E-state index in [1.807, 2.05) is 57.2 Å². The lowest BCUT2D eigenvalue weighted by molar-refractivity contribution is 0.519. The fraction of sp³-hybridized carbons (Fsp3) is 0.227. The molecule has 0 radical (unpaired) electrons. The van der Waals surface area contributed by atoms with Crippen molar-refractivity contribution in [3.05, 3.63) is 80.4 Å². The number of aromatic nitrogens is 2. The summed E-state index contributed by atoms with van der Waals surface area (Å²) >= 11 is 1.46. The van der Waals surface area contributed by atoms with E-state index in [0.29, 0.717) is 27.4 Å². The van der Waals surface area contributed by atoms with E-state index in [-0.39, 0.29) is 17.2 Å². The molecule has 0 fully saturated rings. The lowest BCUT2D eigenvalue weighted by Gasteiger charge is -2.16. The van der Waals surface area contributed by atoms with Gasteiger partial charge in [-0.1, -0.05) is 36.0 Å². The van der Waals surface area contributed by atoms with Gasteiger partial charge in [0.15, 0.2) is 5.16 Å². The Labute approximate surface area is 166 Å². The lowest BCUT2D eigenvalue weighted by Crippen LogP contribution is -2.25. The van der Waals surface area contributed by atoms with Crippen LogP contribution in [-0.4, -0.2) is 9.55 Å². The standard InChI is InChI=1S/C22H20N2O3S/c1-13(2)24-21(26)17-6-4-5-7-18(17)23-22(24)28-12-15-11-20(25)27-19-10-14(3)8-9-16(15)19/h4-11,13H,12H2,1-3H3. The van der Waals surface area contributed by atoms with Crippen LogP contribution in [0, 0.1) is 6.92 Å². The molecule has 2 aromatic heterocycles. The molecule has 4 rings (SSSR count). The fourth-order valence-electron chi connectivity index (χ4n) is 3.28. The zero-order chi connectivity index (χ0) is 19.8. The van der Waals surface area contributed by atoms with Crippen molar-refractivity contribution in [2.24, 2.45) is 0 Å². The summed E-state index contributed by atoms with van der Waals surface area (Å²) in [7, 11) is 0. The second kappa shape index (κ2) is 7.28. The van der Waals surface area contributed by atoms with Crippen LogP contribution in [0.25, 0.3) is 21.9 Å². The van der Waals surface area contributed by atoms with Crippen LogP contribution >= 0.6 is 11.8 Å². The molecule has 0 aliphatic rings. The van der Waals surface area contributed by atoms with Crippen LogP contribution < -0.4 is 11.2 Å². The van der Waals surface area contributed by atoms with Gasteiger partial charge in [-0.3, -0.25) is 9.36 Å². The van der Waals surface area contributed by atoms with Crippen LogP contribution in [-0.2, 0) is 5.75 Å². The van der Waals surface area contributed by atoms with Gasteiger partial charge in [0.1, 0.15) is 5.58 Å². The number of hydrogen-bond acceptors (Lipinski definition) is 5. The monoisotopic (exact) mass is 392 g/mol. The zero-order valence-electron chi connectivity index (χ0n) is 15.9. The summed E-state index contributed by atoms with van der Waals surface area (Å²) < 4.78 is 7.05. The Hall–Kier alpha value is -2.86. The van der Waals surface area contributed by atoms with Gasteiger partial charge in [-0.15, -0.1) is 0 Å². The van der Waals surface area contributed by atoms with Crippen LogP contribution in [0.3, 0.4) is 0 Å². The first kappa shape index (κ1) is 18.5. The molecule has 5 nitrogen and oxygen atoms in total. The van der Waals surface area contributed by atoms with Gasteiger partial charge in [-0.2, -0.15) is 0 Å². The second-order valence-corrected chi connectivity index (χ2v) is 8.00. The molecule has 0 amide bonds. The Balaban J connectivity index is 1.80. The van der Waals surface area contributed by atoms with Crippen molar-refractivity contribution in [3.63, 3.8) is 0 Å². The number of aryl methyl sites for hydroxylation is 1. The number of hydrogen-bond donors (Lipinski definition) is 0. The summed E-state index contributed by atoms with van der Waals surface area (Å²) in [6.07, 6.45) is 0. The highest BCUT2D eigenvalue weighted by atomic mass is 32.2. The number of nitrogens with zero attached hydrogens (tertiary/aromatic N) is 2. The van der Waals surface area contributed by atoms with Crippen molar-refractivity contribution in [1.29, 1.82) is 0 Å². The highest BCUT2D eigenvalue weighted by molar-refractivity contribution is 7.98. The predicted molar refractivity (Wildman–Crippen MR) is 113 cm³/mol. The van der Waals surface area contributed by atoms with Crippen molar-refractivity contribution in [1.82, 2.24) is 9.55 Å². The molecule has 2 aromatic carbocycles. The topological polar surface area (TPSA) is 65.1 Å². The quantitative estimate of drug-likeness (QED) is 0.286. The van der Waals surface area contributed by atoms with Crippen LogP contribution in [0.4, 0.5) is 0 Å². The first-order valence-corrected chi connectivity index (χ1v) is 10.1. The maximum absolute atomic E-state index is 13.0. The summed E-state index contributed by atoms with van der Waals surface area (Å²) in [5.74, 6) is 0.517. The van der Waals surface area contributed by atoms with Crippen molar-refractivity contribution in [3.8, 4) is 0 Å². The van der Waals surface area contributed by atoms with Crippen LogP contribution in [0.15, 0.2) is 67.7 Å². The number of thioether (sulfide) groups is 1. The Bertz CT molecular complexity index is 1300. The van der Waals surface area contributed by atoms with E-state index in [4.69, 9.17) is 9.40 Å². The minimum Gasteiger partial charge on any atom is -0.423 e. The Morgan fingerprint density at radius 3 is 2.64 bits per heavy atom. The summed E-state index contributed by atoms with van der Waals surface area (Å²) in [6.45, 7) is 5.90. The van der Waals surface area contributed by atoms with Crippen LogP contribution in [0.5, 0.6) is 0 Å². The van der Waals surface area contributed by atoms with E-state index in [1.165, 1.54) is 17.8 Å². The van der Waals surface area contributed by atoms with Gasteiger partial charge < -0.3 is 4.42 Å². The number of rotatable bonds is 4. The Kier molecular flexibility index (Phi) is 4.81. The summed E-state index contributed by atoms with van der Waals surface area (Å²) in [4.78, 5) is 29.6. The van der Waals surface area contributed by atoms with Gasteiger partial charge in [0, 0.05) is 23.2 Å². The molecule has 28 heavy (non-hydrogen) atoms. The third-order valence-corrected chi connectivity index (χ3v) is 5.64. The normalized spacial score (nSPS) is 11.6. The van der Waals surface area contributed by atoms with Gasteiger partial charge in [0.05, 0.1) is 10.9 Å². The molecule has 0 spiro atoms. The Morgan fingerprint density at radius 2 is 1.86 bits per heavy atom. The third-order valence-electron chi connectivity index (χ3n) is 4.63. The number of fused-ring (bicyclic) bond motifs is 2. The molecule has 0 saturated heterocycles. The second-order valence-electron chi connectivity index (χ2n) is 7.06. The van der Waals surface area contributed by atoms with E-state index in [1.54, 1.807) is 10.6 Å². The summed E-state index contributed by atoms with van der Waals surface area (Å²) in [6, 6.07) is 14.7. The highest BCUT2D eigenvalue weighted by Gasteiger charge is 2.15. The molecular formula is C22H20N2O3S. The van der Waals surface area contributed by atoms with Crippen molar-refractivity contribution >= 4 is 33.6 Å². The SMILES string of the molecule is Cc1ccc2c(CSc3nc4ccccc4c(=O)n3C(C)C)cc(=O)oc2c1. The molecule has 0 unspecified atom stereocenters. The molecule has 0 bridgehead atoms. The van der Waals surface area contributed by atoms with Gasteiger partial charge >= 0.3 is 5.63 Å². The van der Waals surface area contributed by atoms with Crippen molar-refractivity contribution in [2.45, 2.75) is 37.7 Å². The average molecular weight is 392 g/mol. The van der Waals surface area contributed by atoms with E-state index >= 15 is 0 Å². The van der Waals surface area contributed by atoms with E-state index < -0.39 is 0 Å². The van der Waals surface area contributed by atoms with Crippen molar-refractivity contribution < 1.29 is 4.42 Å². The molecular weight excluding hydrogens is 372 g/mol. The lowest BCUT2D eigenvalue weighted by atomic mass is 10.1. The largest absolute Gasteiger partial charge is 0.423 e. The van der Waals surface area contributed by atoms with Gasteiger partial charge in [-0.05, 0) is 50.1 Å². The number of benzene rings is 2. The smallest absolute Gasteiger partial charge is 0.336 e. The number of para-hydroxylation sites is 1. The fourth-order valence-corrected chi connectivity index (χ4v) is 4.40. The average Bonchev–Trinajstić information content (AvgIpc) is 2.65. The van der Waals surface area contributed by atoms with E-state index in [9.17, 15) is 9.59 Å². The van der Waals surface area contributed by atoms with Crippen LogP contribution in [0.2, 0.25) is 0 Å². The zero-order valence-corrected chi connectivity index (χ0v) is 16.7. The maximum Gasteiger partial charge on any atom is 0.336 e. The minimum absolute atomic E-state index is 0.0210. The molecule has 6 heteroatoms. The van der Waals surface area contributed by atoms with Gasteiger partial charge in [-0.25, -0.2) is 9.78 Å². The molecule has 0 saturated carbocycles. The Morgan fingerprint density at radius 1 is 1.07 bits per heavy atom. The first-order chi connectivity index (χ1) is 13.4. The highest BCUT2D eigenvalue weighted by Crippen LogP contribution is 2.27. The molecule has 2 heterocycles. The molecule has 0 aliphatic heterocycles. The summed E-state index contributed by atoms with van der Waals surface area (Å²) in [5, 5.41) is 2.16. The maximum atomic E-state index is 13.0. The summed E-state index contributed by atoms with van der Waals surface area (Å²) in [5.41, 5.74) is 2.74. The first-order valence-electron chi connectivity index (χ1n) is 9.11. The van der Waals surface area contributed by atoms with Crippen molar-refractivity contribution in [2.75, 3.05) is 0 Å². The molecule has 4 aromatic rings. The molecule has 0 aliphatic carbocycles. The molecule has 142 valence electrons.